The zero-order valence-electron chi connectivity index (χ0n) is 19.5. The first kappa shape index (κ1) is 24.0. The van der Waals surface area contributed by atoms with Crippen LogP contribution in [0.2, 0.25) is 0 Å². The summed E-state index contributed by atoms with van der Waals surface area (Å²) in [5, 5.41) is 32.8. The number of rotatable bonds is 7. The lowest BCUT2D eigenvalue weighted by molar-refractivity contribution is -0.166. The molecule has 30 heavy (non-hydrogen) atoms. The van der Waals surface area contributed by atoms with Gasteiger partial charge in [-0.3, -0.25) is 4.79 Å². The Hall–Kier alpha value is -0.650. The minimum Gasteiger partial charge on any atom is -0.393 e. The fourth-order valence-corrected chi connectivity index (χ4v) is 7.95. The number of fused-ring (bicyclic) bond motifs is 1. The molecule has 174 valence electrons. The normalized spacial score (nSPS) is 46.2. The van der Waals surface area contributed by atoms with Crippen LogP contribution in [-0.2, 0) is 4.79 Å². The lowest BCUT2D eigenvalue weighted by Gasteiger charge is -2.58. The van der Waals surface area contributed by atoms with Gasteiger partial charge in [-0.15, -0.1) is 0 Å². The van der Waals surface area contributed by atoms with E-state index in [9.17, 15) is 20.1 Å². The maximum absolute atomic E-state index is 11.6. The number of amides is 1. The highest BCUT2D eigenvalue weighted by molar-refractivity contribution is 5.73. The van der Waals surface area contributed by atoms with Crippen molar-refractivity contribution in [1.82, 2.24) is 0 Å². The number of aliphatic hydroxyl groups is 3. The molecule has 0 aromatic heterocycles. The minimum atomic E-state index is -0.389. The highest BCUT2D eigenvalue weighted by atomic mass is 16.3. The molecule has 0 bridgehead atoms. The van der Waals surface area contributed by atoms with Crippen molar-refractivity contribution >= 4 is 5.91 Å². The van der Waals surface area contributed by atoms with Gasteiger partial charge in [0.2, 0.25) is 5.91 Å². The summed E-state index contributed by atoms with van der Waals surface area (Å²) in [6.07, 6.45) is 7.39. The second kappa shape index (κ2) is 9.07. The molecular formula is C25H45NO4. The van der Waals surface area contributed by atoms with Crippen LogP contribution in [0, 0.1) is 40.4 Å². The monoisotopic (exact) mass is 423 g/mol. The van der Waals surface area contributed by atoms with E-state index < -0.39 is 0 Å². The topological polar surface area (TPSA) is 104 Å². The van der Waals surface area contributed by atoms with E-state index in [4.69, 9.17) is 5.73 Å². The molecule has 0 spiro atoms. The van der Waals surface area contributed by atoms with Gasteiger partial charge < -0.3 is 21.1 Å². The van der Waals surface area contributed by atoms with Crippen LogP contribution in [0.1, 0.15) is 91.9 Å². The van der Waals surface area contributed by atoms with Gasteiger partial charge in [0, 0.05) is 6.42 Å². The summed E-state index contributed by atoms with van der Waals surface area (Å²) >= 11 is 0. The molecule has 3 fully saturated rings. The molecule has 0 aromatic rings. The second-order valence-corrected chi connectivity index (χ2v) is 11.4. The molecule has 0 aliphatic heterocycles. The lowest BCUT2D eigenvalue weighted by atomic mass is 9.48. The van der Waals surface area contributed by atoms with Crippen LogP contribution in [0.25, 0.3) is 0 Å². The molecule has 0 heterocycles. The number of hydrogen-bond donors (Lipinski definition) is 4. The minimum absolute atomic E-state index is 0.0675. The molecule has 0 saturated heterocycles. The van der Waals surface area contributed by atoms with Crippen LogP contribution < -0.4 is 5.73 Å². The maximum Gasteiger partial charge on any atom is 0.217 e. The summed E-state index contributed by atoms with van der Waals surface area (Å²) in [6.45, 7) is 8.85. The van der Waals surface area contributed by atoms with Crippen molar-refractivity contribution < 1.29 is 20.1 Å². The first-order chi connectivity index (χ1) is 14.0. The third-order valence-corrected chi connectivity index (χ3v) is 9.90. The van der Waals surface area contributed by atoms with Gasteiger partial charge in [0.15, 0.2) is 0 Å². The first-order valence-corrected chi connectivity index (χ1v) is 12.4. The van der Waals surface area contributed by atoms with Crippen molar-refractivity contribution in [2.75, 3.05) is 0 Å². The summed E-state index contributed by atoms with van der Waals surface area (Å²) in [4.78, 5) is 11.3. The fourth-order valence-electron chi connectivity index (χ4n) is 7.95. The predicted molar refractivity (Wildman–Crippen MR) is 118 cm³/mol. The van der Waals surface area contributed by atoms with Crippen molar-refractivity contribution in [2.24, 2.45) is 46.2 Å². The maximum atomic E-state index is 11.6. The average Bonchev–Trinajstić information content (AvgIpc) is 3.06. The standard InChI is InChI=1S/C25H45NO4/c1-5-20(28)23-18-8-7-17(15(2)6-9-22(26)30)25(18,4)21(29)14-19(23)24(3)12-10-16(27)11-13-24/h15-21,23,27-29H,5-14H2,1-4H3,(H2,26,30)/t15?,16?,17?,18-,19-,20+,21-,23?,24?,25?/m0/s1. The van der Waals surface area contributed by atoms with Crippen LogP contribution in [0.3, 0.4) is 0 Å². The fraction of sp³-hybridized carbons (Fsp3) is 0.960. The number of hydrogen-bond acceptors (Lipinski definition) is 4. The summed E-state index contributed by atoms with van der Waals surface area (Å²) in [5.41, 5.74) is 5.24. The van der Waals surface area contributed by atoms with Crippen molar-refractivity contribution in [3.05, 3.63) is 0 Å². The third-order valence-electron chi connectivity index (χ3n) is 9.90. The van der Waals surface area contributed by atoms with Gasteiger partial charge >= 0.3 is 0 Å². The Morgan fingerprint density at radius 2 is 1.73 bits per heavy atom. The number of nitrogens with two attached hydrogens (primary N) is 1. The lowest BCUT2D eigenvalue weighted by Crippen LogP contribution is -2.57. The molecule has 0 radical (unpaired) electrons. The summed E-state index contributed by atoms with van der Waals surface area (Å²) in [6, 6.07) is 0. The van der Waals surface area contributed by atoms with E-state index >= 15 is 0 Å². The Morgan fingerprint density at radius 1 is 1.10 bits per heavy atom. The molecule has 3 saturated carbocycles. The van der Waals surface area contributed by atoms with Crippen LogP contribution in [0.4, 0.5) is 0 Å². The molecule has 5 heteroatoms. The van der Waals surface area contributed by atoms with E-state index in [1.54, 1.807) is 0 Å². The summed E-state index contributed by atoms with van der Waals surface area (Å²) in [5.74, 6) is 1.21. The quantitative estimate of drug-likeness (QED) is 0.502. The Kier molecular flexibility index (Phi) is 7.26. The molecule has 3 aliphatic rings. The molecule has 3 aliphatic carbocycles. The SMILES string of the molecule is CC[C@@H](O)C1[C@@H](C2(C)CCC(O)CC2)C[C@H](O)C2(C)C(C(C)CCC(N)=O)CC[C@@H]12. The van der Waals surface area contributed by atoms with E-state index in [2.05, 4.69) is 27.7 Å². The van der Waals surface area contributed by atoms with Crippen molar-refractivity contribution in [3.8, 4) is 0 Å². The molecule has 0 aromatic carbocycles. The molecular weight excluding hydrogens is 378 g/mol. The first-order valence-electron chi connectivity index (χ1n) is 12.4. The molecule has 5 nitrogen and oxygen atoms in total. The van der Waals surface area contributed by atoms with Crippen molar-refractivity contribution in [3.63, 3.8) is 0 Å². The van der Waals surface area contributed by atoms with Gasteiger partial charge in [-0.2, -0.15) is 0 Å². The predicted octanol–water partition coefficient (Wildman–Crippen LogP) is 3.63. The number of carbonyl (C=O) groups is 1. The van der Waals surface area contributed by atoms with E-state index in [1.807, 2.05) is 0 Å². The number of primary amides is 1. The second-order valence-electron chi connectivity index (χ2n) is 11.4. The van der Waals surface area contributed by atoms with Gasteiger partial charge in [-0.25, -0.2) is 0 Å². The van der Waals surface area contributed by atoms with Crippen LogP contribution in [-0.4, -0.2) is 39.5 Å². The number of carbonyl (C=O) groups excluding carboxylic acids is 1. The third kappa shape index (κ3) is 4.19. The average molecular weight is 424 g/mol. The zero-order chi connectivity index (χ0) is 22.3. The Bertz CT molecular complexity index is 602. The molecule has 5 N–H and O–H groups in total. The smallest absolute Gasteiger partial charge is 0.217 e. The highest BCUT2D eigenvalue weighted by Gasteiger charge is 2.62. The van der Waals surface area contributed by atoms with Crippen molar-refractivity contribution in [1.29, 1.82) is 0 Å². The summed E-state index contributed by atoms with van der Waals surface area (Å²) < 4.78 is 0. The molecule has 1 amide bonds. The van der Waals surface area contributed by atoms with Crippen LogP contribution in [0.5, 0.6) is 0 Å². The summed E-state index contributed by atoms with van der Waals surface area (Å²) in [7, 11) is 0. The Balaban J connectivity index is 1.89. The zero-order valence-corrected chi connectivity index (χ0v) is 19.5. The highest BCUT2D eigenvalue weighted by Crippen LogP contribution is 2.65. The van der Waals surface area contributed by atoms with E-state index in [0.717, 1.165) is 57.8 Å². The van der Waals surface area contributed by atoms with Gasteiger partial charge in [0.1, 0.15) is 0 Å². The largest absolute Gasteiger partial charge is 0.393 e. The van der Waals surface area contributed by atoms with Gasteiger partial charge in [0.25, 0.3) is 0 Å². The van der Waals surface area contributed by atoms with Gasteiger partial charge in [-0.1, -0.05) is 27.7 Å². The van der Waals surface area contributed by atoms with Crippen LogP contribution in [0.15, 0.2) is 0 Å². The Labute approximate surface area is 182 Å². The Morgan fingerprint density at radius 3 is 2.30 bits per heavy atom. The molecule has 8 atom stereocenters. The molecule has 3 rings (SSSR count). The molecule has 4 unspecified atom stereocenters. The van der Waals surface area contributed by atoms with E-state index in [-0.39, 0.29) is 46.9 Å². The van der Waals surface area contributed by atoms with Gasteiger partial charge in [-0.05, 0) is 98.2 Å². The van der Waals surface area contributed by atoms with E-state index in [1.165, 1.54) is 0 Å². The van der Waals surface area contributed by atoms with Crippen LogP contribution >= 0.6 is 0 Å². The van der Waals surface area contributed by atoms with E-state index in [0.29, 0.717) is 24.2 Å². The van der Waals surface area contributed by atoms with Gasteiger partial charge in [0.05, 0.1) is 18.3 Å². The van der Waals surface area contributed by atoms with Crippen molar-refractivity contribution in [2.45, 2.75) is 110 Å². The number of aliphatic hydroxyl groups excluding tert-OH is 3.